The third kappa shape index (κ3) is 5.88. The molecule has 2 aromatic heterocycles. The number of aryl methyl sites for hydroxylation is 1. The first-order chi connectivity index (χ1) is 19.8. The number of aromatic nitrogens is 3. The van der Waals surface area contributed by atoms with Gasteiger partial charge in [0.1, 0.15) is 11.6 Å². The Morgan fingerprint density at radius 3 is 2.68 bits per heavy atom. The number of ether oxygens (including phenoxy) is 1. The standard InChI is InChI=1S/C30H33FN6O3S/c1-19-7-10-22-23(11-12-26(31)25(22)18-41(38,39)37(2)21-8-9-21)28(19)40-29-24(6-4-15-33-29)27-13-16-34-30(36-27)35-20-5-3-14-32-17-20/h4,6-7,10-13,15-16,20-21,32H,3,5,8-9,14,17-18H2,1-2H3,(H,34,35,36)/t20-/m0/s1. The van der Waals surface area contributed by atoms with E-state index < -0.39 is 21.6 Å². The number of nitrogens with one attached hydrogen (secondary N) is 2. The number of benzene rings is 2. The highest BCUT2D eigenvalue weighted by atomic mass is 32.2. The fourth-order valence-corrected chi connectivity index (χ4v) is 6.78. The number of anilines is 1. The van der Waals surface area contributed by atoms with Gasteiger partial charge in [-0.15, -0.1) is 0 Å². The number of halogens is 1. The molecule has 1 aliphatic heterocycles. The lowest BCUT2D eigenvalue weighted by atomic mass is 10.0. The van der Waals surface area contributed by atoms with Crippen molar-refractivity contribution in [2.45, 2.75) is 50.4 Å². The number of hydrogen-bond acceptors (Lipinski definition) is 8. The molecule has 0 unspecified atom stereocenters. The van der Waals surface area contributed by atoms with Crippen LogP contribution in [0.3, 0.4) is 0 Å². The van der Waals surface area contributed by atoms with E-state index in [0.29, 0.717) is 39.6 Å². The highest BCUT2D eigenvalue weighted by Gasteiger charge is 2.35. The summed E-state index contributed by atoms with van der Waals surface area (Å²) in [5.41, 5.74) is 2.25. The summed E-state index contributed by atoms with van der Waals surface area (Å²) >= 11 is 0. The van der Waals surface area contributed by atoms with E-state index >= 15 is 4.39 Å². The maximum atomic E-state index is 15.1. The van der Waals surface area contributed by atoms with E-state index in [0.717, 1.165) is 44.3 Å². The van der Waals surface area contributed by atoms with Crippen molar-refractivity contribution in [2.24, 2.45) is 0 Å². The molecule has 11 heteroatoms. The summed E-state index contributed by atoms with van der Waals surface area (Å²) in [6, 6.07) is 12.2. The Balaban J connectivity index is 1.34. The lowest BCUT2D eigenvalue weighted by molar-refractivity contribution is 0.462. The fourth-order valence-electron chi connectivity index (χ4n) is 5.25. The van der Waals surface area contributed by atoms with Crippen LogP contribution in [0.2, 0.25) is 0 Å². The molecule has 41 heavy (non-hydrogen) atoms. The molecule has 9 nitrogen and oxygen atoms in total. The Labute approximate surface area is 239 Å². The second kappa shape index (κ2) is 11.3. The lowest BCUT2D eigenvalue weighted by Gasteiger charge is -2.23. The Hall–Kier alpha value is -3.67. The SMILES string of the molecule is Cc1ccc2c(CS(=O)(=O)N(C)C3CC3)c(F)ccc2c1Oc1ncccc1-c1ccnc(N[C@H]2CCCNC2)n1. The van der Waals surface area contributed by atoms with Crippen LogP contribution in [0.15, 0.2) is 54.9 Å². The molecule has 3 heterocycles. The molecule has 2 aliphatic rings. The average molecular weight is 577 g/mol. The van der Waals surface area contributed by atoms with Gasteiger partial charge in [0.25, 0.3) is 0 Å². The largest absolute Gasteiger partial charge is 0.437 e. The lowest BCUT2D eigenvalue weighted by Crippen LogP contribution is -2.38. The topological polar surface area (TPSA) is 109 Å². The molecular formula is C30H33FN6O3S. The van der Waals surface area contributed by atoms with Crippen molar-refractivity contribution in [1.82, 2.24) is 24.6 Å². The van der Waals surface area contributed by atoms with Gasteiger partial charge in [0, 0.05) is 49.0 Å². The minimum atomic E-state index is -3.69. The van der Waals surface area contributed by atoms with Gasteiger partial charge in [-0.2, -0.15) is 0 Å². The van der Waals surface area contributed by atoms with Crippen molar-refractivity contribution in [3.05, 3.63) is 71.8 Å². The van der Waals surface area contributed by atoms with Gasteiger partial charge >= 0.3 is 0 Å². The van der Waals surface area contributed by atoms with Gasteiger partial charge in [0.2, 0.25) is 21.9 Å². The van der Waals surface area contributed by atoms with Crippen LogP contribution in [0.25, 0.3) is 22.0 Å². The molecule has 6 rings (SSSR count). The van der Waals surface area contributed by atoms with E-state index in [1.54, 1.807) is 37.6 Å². The number of sulfonamides is 1. The second-order valence-electron chi connectivity index (χ2n) is 10.7. The van der Waals surface area contributed by atoms with Crippen molar-refractivity contribution in [2.75, 3.05) is 25.5 Å². The third-order valence-electron chi connectivity index (χ3n) is 7.76. The van der Waals surface area contributed by atoms with E-state index in [9.17, 15) is 8.42 Å². The van der Waals surface area contributed by atoms with Crippen molar-refractivity contribution < 1.29 is 17.5 Å². The number of hydrogen-bond donors (Lipinski definition) is 2. The highest BCUT2D eigenvalue weighted by Crippen LogP contribution is 2.39. The van der Waals surface area contributed by atoms with Gasteiger partial charge in [-0.25, -0.2) is 32.1 Å². The van der Waals surface area contributed by atoms with Gasteiger partial charge < -0.3 is 15.4 Å². The van der Waals surface area contributed by atoms with Crippen molar-refractivity contribution in [1.29, 1.82) is 0 Å². The molecule has 0 spiro atoms. The minimum absolute atomic E-state index is 0.00130. The van der Waals surface area contributed by atoms with E-state index in [2.05, 4.69) is 20.6 Å². The van der Waals surface area contributed by atoms with E-state index in [-0.39, 0.29) is 17.6 Å². The van der Waals surface area contributed by atoms with E-state index in [1.807, 2.05) is 25.1 Å². The van der Waals surface area contributed by atoms with Crippen molar-refractivity contribution >= 4 is 26.7 Å². The first-order valence-electron chi connectivity index (χ1n) is 13.9. The predicted molar refractivity (Wildman–Crippen MR) is 157 cm³/mol. The van der Waals surface area contributed by atoms with Crippen molar-refractivity contribution in [3.63, 3.8) is 0 Å². The van der Waals surface area contributed by atoms with Gasteiger partial charge in [-0.05, 0) is 80.4 Å². The summed E-state index contributed by atoms with van der Waals surface area (Å²) in [5, 5.41) is 7.89. The molecular weight excluding hydrogens is 543 g/mol. The van der Waals surface area contributed by atoms with Gasteiger partial charge in [-0.3, -0.25) is 0 Å². The molecule has 1 aliphatic carbocycles. The number of nitrogens with zero attached hydrogens (tertiary/aromatic N) is 4. The fraction of sp³-hybridized carbons (Fsp3) is 0.367. The Kier molecular flexibility index (Phi) is 7.58. The number of fused-ring (bicyclic) bond motifs is 1. The quantitative estimate of drug-likeness (QED) is 0.286. The average Bonchev–Trinajstić information content (AvgIpc) is 3.82. The van der Waals surface area contributed by atoms with Gasteiger partial charge in [-0.1, -0.05) is 12.1 Å². The molecule has 2 N–H and O–H groups in total. The molecule has 1 atom stereocenters. The normalized spacial score (nSPS) is 17.6. The maximum Gasteiger partial charge on any atom is 0.228 e. The molecule has 2 aromatic carbocycles. The Morgan fingerprint density at radius 2 is 1.90 bits per heavy atom. The van der Waals surface area contributed by atoms with E-state index in [1.165, 1.54) is 10.4 Å². The van der Waals surface area contributed by atoms with Gasteiger partial charge in [0.15, 0.2) is 0 Å². The monoisotopic (exact) mass is 576 g/mol. The molecule has 0 amide bonds. The van der Waals surface area contributed by atoms with Crippen LogP contribution in [0.4, 0.5) is 10.3 Å². The predicted octanol–water partition coefficient (Wildman–Crippen LogP) is 5.02. The van der Waals surface area contributed by atoms with Crippen LogP contribution < -0.4 is 15.4 Å². The summed E-state index contributed by atoms with van der Waals surface area (Å²) in [6.07, 6.45) is 7.14. The zero-order valence-corrected chi connectivity index (χ0v) is 23.9. The summed E-state index contributed by atoms with van der Waals surface area (Å²) in [5.74, 6) is 0.363. The van der Waals surface area contributed by atoms with Gasteiger partial charge in [0.05, 0.1) is 17.0 Å². The summed E-state index contributed by atoms with van der Waals surface area (Å²) in [6.45, 7) is 3.77. The second-order valence-corrected chi connectivity index (χ2v) is 12.8. The highest BCUT2D eigenvalue weighted by molar-refractivity contribution is 7.88. The van der Waals surface area contributed by atoms with Crippen LogP contribution in [-0.4, -0.2) is 59.9 Å². The van der Waals surface area contributed by atoms with Crippen LogP contribution in [-0.2, 0) is 15.8 Å². The summed E-state index contributed by atoms with van der Waals surface area (Å²) in [4.78, 5) is 13.6. The molecule has 2 fully saturated rings. The zero-order valence-electron chi connectivity index (χ0n) is 23.1. The number of piperidine rings is 1. The molecule has 4 aromatic rings. The van der Waals surface area contributed by atoms with E-state index in [4.69, 9.17) is 9.72 Å². The molecule has 1 saturated carbocycles. The summed E-state index contributed by atoms with van der Waals surface area (Å²) in [7, 11) is -2.12. The van der Waals surface area contributed by atoms with Crippen LogP contribution in [0, 0.1) is 12.7 Å². The molecule has 214 valence electrons. The Bertz CT molecular complexity index is 1690. The maximum absolute atomic E-state index is 15.1. The zero-order chi connectivity index (χ0) is 28.6. The van der Waals surface area contributed by atoms with Crippen LogP contribution in [0.5, 0.6) is 11.6 Å². The molecule has 1 saturated heterocycles. The van der Waals surface area contributed by atoms with Crippen LogP contribution >= 0.6 is 0 Å². The van der Waals surface area contributed by atoms with Crippen LogP contribution in [0.1, 0.15) is 36.8 Å². The number of rotatable bonds is 9. The minimum Gasteiger partial charge on any atom is -0.437 e. The first kappa shape index (κ1) is 27.5. The number of pyridine rings is 1. The molecule has 0 bridgehead atoms. The third-order valence-corrected chi connectivity index (χ3v) is 9.59. The van der Waals surface area contributed by atoms with Crippen molar-refractivity contribution in [3.8, 4) is 22.9 Å². The Morgan fingerprint density at radius 1 is 1.07 bits per heavy atom. The summed E-state index contributed by atoms with van der Waals surface area (Å²) < 4.78 is 49.1. The smallest absolute Gasteiger partial charge is 0.228 e. The first-order valence-corrected chi connectivity index (χ1v) is 15.5. The molecule has 0 radical (unpaired) electrons.